The largest absolute Gasteiger partial charge is 0.350 e. The minimum atomic E-state index is 0.0339. The van der Waals surface area contributed by atoms with Crippen molar-refractivity contribution in [3.05, 3.63) is 22.4 Å². The molecule has 0 aliphatic heterocycles. The van der Waals surface area contributed by atoms with Gasteiger partial charge in [0.25, 0.3) is 5.91 Å². The molecule has 1 N–H and O–H groups in total. The van der Waals surface area contributed by atoms with Crippen molar-refractivity contribution in [3.63, 3.8) is 0 Å². The zero-order chi connectivity index (χ0) is 11.5. The van der Waals surface area contributed by atoms with Crippen LogP contribution in [-0.4, -0.2) is 29.0 Å². The summed E-state index contributed by atoms with van der Waals surface area (Å²) in [5, 5.41) is 2.93. The van der Waals surface area contributed by atoms with E-state index in [0.29, 0.717) is 6.04 Å². The van der Waals surface area contributed by atoms with Crippen LogP contribution in [0, 0.1) is 0 Å². The number of rotatable bonds is 5. The highest BCUT2D eigenvalue weighted by Gasteiger charge is 2.27. The summed E-state index contributed by atoms with van der Waals surface area (Å²) >= 11 is 5.16. The van der Waals surface area contributed by atoms with E-state index in [9.17, 15) is 4.79 Å². The highest BCUT2D eigenvalue weighted by atomic mass is 79.9. The number of nitrogens with zero attached hydrogens (tertiary/aromatic N) is 1. The second-order valence-corrected chi connectivity index (χ2v) is 5.83. The van der Waals surface area contributed by atoms with Crippen molar-refractivity contribution in [1.82, 2.24) is 9.88 Å². The average Bonchev–Trinajstić information content (AvgIpc) is 3.02. The number of nitrogens with one attached hydrogen (secondary N) is 1. The fourth-order valence-corrected chi connectivity index (χ4v) is 2.38. The van der Waals surface area contributed by atoms with Crippen LogP contribution in [0.25, 0.3) is 0 Å². The summed E-state index contributed by atoms with van der Waals surface area (Å²) < 4.78 is 3.06. The molecular formula is C11H15BrN2OS. The maximum absolute atomic E-state index is 11.9. The quantitative estimate of drug-likeness (QED) is 0.849. The van der Waals surface area contributed by atoms with Crippen molar-refractivity contribution < 1.29 is 4.79 Å². The number of hydrogen-bond donors (Lipinski definition) is 1. The number of carbonyl (C=O) groups excluding carboxylic acids is 1. The van der Waals surface area contributed by atoms with Crippen molar-refractivity contribution in [2.45, 2.75) is 18.9 Å². The van der Waals surface area contributed by atoms with Crippen LogP contribution in [0.15, 0.2) is 16.7 Å². The predicted octanol–water partition coefficient (Wildman–Crippen LogP) is 2.68. The Morgan fingerprint density at radius 1 is 1.69 bits per heavy atom. The van der Waals surface area contributed by atoms with Crippen LogP contribution >= 0.6 is 27.7 Å². The van der Waals surface area contributed by atoms with Crippen LogP contribution in [0.1, 0.15) is 29.4 Å². The standard InChI is InChI=1S/C11H15BrN2OS/c1-16-5-4-13-11(15)10-6-8(12)7-14(10)9-2-3-9/h6-7,9H,2-5H2,1H3,(H,13,15). The van der Waals surface area contributed by atoms with Gasteiger partial charge in [-0.15, -0.1) is 0 Å². The van der Waals surface area contributed by atoms with Crippen molar-refractivity contribution >= 4 is 33.6 Å². The first-order chi connectivity index (χ1) is 7.72. The summed E-state index contributed by atoms with van der Waals surface area (Å²) in [6, 6.07) is 2.43. The fourth-order valence-electron chi connectivity index (χ4n) is 1.64. The van der Waals surface area contributed by atoms with Crippen LogP contribution in [0.3, 0.4) is 0 Å². The SMILES string of the molecule is CSCCNC(=O)c1cc(Br)cn1C1CC1. The fraction of sp³-hybridized carbons (Fsp3) is 0.545. The number of halogens is 1. The molecule has 0 radical (unpaired) electrons. The lowest BCUT2D eigenvalue weighted by Crippen LogP contribution is -2.27. The molecule has 1 saturated carbocycles. The summed E-state index contributed by atoms with van der Waals surface area (Å²) in [5.74, 6) is 0.989. The second kappa shape index (κ2) is 5.27. The molecule has 0 atom stereocenters. The molecule has 0 spiro atoms. The molecule has 0 saturated heterocycles. The van der Waals surface area contributed by atoms with E-state index < -0.39 is 0 Å². The third-order valence-corrected chi connectivity index (χ3v) is 3.63. The van der Waals surface area contributed by atoms with Gasteiger partial charge in [-0.25, -0.2) is 0 Å². The Labute approximate surface area is 108 Å². The van der Waals surface area contributed by atoms with Crippen LogP contribution in [0.2, 0.25) is 0 Å². The number of amides is 1. The molecule has 16 heavy (non-hydrogen) atoms. The molecule has 1 amide bonds. The van der Waals surface area contributed by atoms with E-state index in [1.54, 1.807) is 11.8 Å². The van der Waals surface area contributed by atoms with Gasteiger partial charge in [-0.1, -0.05) is 0 Å². The molecule has 1 aliphatic carbocycles. The van der Waals surface area contributed by atoms with E-state index in [-0.39, 0.29) is 5.91 Å². The van der Waals surface area contributed by atoms with Gasteiger partial charge in [-0.05, 0) is 41.1 Å². The maximum Gasteiger partial charge on any atom is 0.267 e. The summed E-state index contributed by atoms with van der Waals surface area (Å²) in [5.41, 5.74) is 0.774. The molecule has 1 aromatic rings. The van der Waals surface area contributed by atoms with E-state index in [1.165, 1.54) is 12.8 Å². The molecule has 1 heterocycles. The lowest BCUT2D eigenvalue weighted by molar-refractivity contribution is 0.0946. The number of carbonyl (C=O) groups is 1. The van der Waals surface area contributed by atoms with E-state index >= 15 is 0 Å². The first-order valence-corrected chi connectivity index (χ1v) is 7.55. The van der Waals surface area contributed by atoms with Gasteiger partial charge < -0.3 is 9.88 Å². The first-order valence-electron chi connectivity index (χ1n) is 5.37. The van der Waals surface area contributed by atoms with Crippen LogP contribution in [0.5, 0.6) is 0 Å². The van der Waals surface area contributed by atoms with E-state index in [2.05, 4.69) is 25.8 Å². The van der Waals surface area contributed by atoms with Crippen LogP contribution in [-0.2, 0) is 0 Å². The van der Waals surface area contributed by atoms with Gasteiger partial charge in [0.2, 0.25) is 0 Å². The van der Waals surface area contributed by atoms with Gasteiger partial charge in [0.05, 0.1) is 0 Å². The van der Waals surface area contributed by atoms with Crippen molar-refractivity contribution in [2.24, 2.45) is 0 Å². The molecule has 1 aromatic heterocycles. The summed E-state index contributed by atoms with van der Waals surface area (Å²) in [6.07, 6.45) is 6.41. The maximum atomic E-state index is 11.9. The van der Waals surface area contributed by atoms with Gasteiger partial charge in [0.15, 0.2) is 0 Å². The predicted molar refractivity (Wildman–Crippen MR) is 71.1 cm³/mol. The Bertz CT molecular complexity index is 387. The molecule has 1 fully saturated rings. The first kappa shape index (κ1) is 12.0. The summed E-state index contributed by atoms with van der Waals surface area (Å²) in [4.78, 5) is 11.9. The normalized spacial score (nSPS) is 15.1. The van der Waals surface area contributed by atoms with Gasteiger partial charge in [0.1, 0.15) is 5.69 Å². The van der Waals surface area contributed by atoms with E-state index in [4.69, 9.17) is 0 Å². The Balaban J connectivity index is 2.03. The molecule has 1 aliphatic rings. The smallest absolute Gasteiger partial charge is 0.267 e. The van der Waals surface area contributed by atoms with Crippen LogP contribution in [0.4, 0.5) is 0 Å². The monoisotopic (exact) mass is 302 g/mol. The van der Waals surface area contributed by atoms with Gasteiger partial charge in [-0.2, -0.15) is 11.8 Å². The van der Waals surface area contributed by atoms with Gasteiger partial charge in [-0.3, -0.25) is 4.79 Å². The minimum Gasteiger partial charge on any atom is -0.350 e. The molecule has 5 heteroatoms. The second-order valence-electron chi connectivity index (χ2n) is 3.93. The molecular weight excluding hydrogens is 288 g/mol. The van der Waals surface area contributed by atoms with Gasteiger partial charge >= 0.3 is 0 Å². The molecule has 0 unspecified atom stereocenters. The summed E-state index contributed by atoms with van der Waals surface area (Å²) in [6.45, 7) is 0.730. The molecule has 88 valence electrons. The Morgan fingerprint density at radius 2 is 2.44 bits per heavy atom. The molecule has 3 nitrogen and oxygen atoms in total. The third-order valence-electron chi connectivity index (χ3n) is 2.58. The van der Waals surface area contributed by atoms with Crippen molar-refractivity contribution in [2.75, 3.05) is 18.6 Å². The zero-order valence-electron chi connectivity index (χ0n) is 9.20. The highest BCUT2D eigenvalue weighted by molar-refractivity contribution is 9.10. The van der Waals surface area contributed by atoms with Crippen molar-refractivity contribution in [1.29, 1.82) is 0 Å². The Morgan fingerprint density at radius 3 is 3.06 bits per heavy atom. The average molecular weight is 303 g/mol. The number of thioether (sulfide) groups is 1. The summed E-state index contributed by atoms with van der Waals surface area (Å²) in [7, 11) is 0. The lowest BCUT2D eigenvalue weighted by atomic mass is 10.4. The lowest BCUT2D eigenvalue weighted by Gasteiger charge is -2.07. The number of hydrogen-bond acceptors (Lipinski definition) is 2. The van der Waals surface area contributed by atoms with E-state index in [1.807, 2.05) is 18.5 Å². The molecule has 0 aromatic carbocycles. The van der Waals surface area contributed by atoms with Gasteiger partial charge in [0, 0.05) is 29.0 Å². The third kappa shape index (κ3) is 2.83. The molecule has 0 bridgehead atoms. The Kier molecular flexibility index (Phi) is 3.97. The van der Waals surface area contributed by atoms with Crippen molar-refractivity contribution in [3.8, 4) is 0 Å². The van der Waals surface area contributed by atoms with E-state index in [0.717, 1.165) is 22.5 Å². The van der Waals surface area contributed by atoms with Crippen LogP contribution < -0.4 is 5.32 Å². The minimum absolute atomic E-state index is 0.0339. The number of aromatic nitrogens is 1. The molecule has 2 rings (SSSR count). The Hall–Kier alpha value is -0.420. The zero-order valence-corrected chi connectivity index (χ0v) is 11.6. The topological polar surface area (TPSA) is 34.0 Å². The highest BCUT2D eigenvalue weighted by Crippen LogP contribution is 2.37.